The Kier molecular flexibility index (Phi) is 11.0. The lowest BCUT2D eigenvalue weighted by atomic mass is 10.3. The number of nitrogens with one attached hydrogen (secondary N) is 1. The van der Waals surface area contributed by atoms with Gasteiger partial charge in [0.1, 0.15) is 12.0 Å². The number of nitrogens with two attached hydrogens (primary N) is 1. The molecule has 186 valence electrons. The van der Waals surface area contributed by atoms with Gasteiger partial charge < -0.3 is 35.4 Å². The van der Waals surface area contributed by atoms with E-state index in [9.17, 15) is 28.2 Å². The van der Waals surface area contributed by atoms with Gasteiger partial charge in [-0.05, 0) is 6.42 Å². The lowest BCUT2D eigenvalue weighted by molar-refractivity contribution is -0.109. The molecule has 7 N–H and O–H groups in total. The summed E-state index contributed by atoms with van der Waals surface area (Å²) in [5.41, 5.74) is 5.03. The van der Waals surface area contributed by atoms with Gasteiger partial charge >= 0.3 is 29.2 Å². The number of nitrogens with zero attached hydrogens (tertiary/aromatic N) is 2. The number of carbonyl (C=O) groups excluding carboxylic acids is 1. The maximum atomic E-state index is 12.1. The predicted molar refractivity (Wildman–Crippen MR) is 109 cm³/mol. The topological polar surface area (TPSA) is 259 Å². The molecule has 0 bridgehead atoms. The Bertz CT molecular complexity index is 1090. The first-order chi connectivity index (χ1) is 15.2. The maximum Gasteiger partial charge on any atom is 0.490 e. The van der Waals surface area contributed by atoms with Crippen molar-refractivity contribution in [2.45, 2.75) is 19.6 Å². The van der Waals surface area contributed by atoms with Crippen molar-refractivity contribution in [2.24, 2.45) is 0 Å². The minimum Gasteiger partial charge on any atom is -0.382 e. The summed E-state index contributed by atoms with van der Waals surface area (Å²) in [6, 6.07) is 0. The van der Waals surface area contributed by atoms with Gasteiger partial charge in [0.25, 0.3) is 0 Å². The number of nitrogen functional groups attached to an aromatic ring is 1. The fourth-order valence-corrected chi connectivity index (χ4v) is 5.05. The summed E-state index contributed by atoms with van der Waals surface area (Å²) in [5, 5.41) is 2.31. The minimum absolute atomic E-state index is 0.0242. The van der Waals surface area contributed by atoms with Gasteiger partial charge in [-0.3, -0.25) is 13.9 Å². The molecular formula is C13H21N4O13P3. The average Bonchev–Trinajstić information content (AvgIpc) is 2.64. The quantitative estimate of drug-likeness (QED) is 0.0782. The van der Waals surface area contributed by atoms with Crippen molar-refractivity contribution in [3.8, 4) is 11.8 Å². The summed E-state index contributed by atoms with van der Waals surface area (Å²) in [6.07, 6.45) is 0.958. The number of phosphoric ester groups is 1. The molecule has 33 heavy (non-hydrogen) atoms. The molecule has 0 saturated heterocycles. The Morgan fingerprint density at radius 2 is 1.88 bits per heavy atom. The van der Waals surface area contributed by atoms with Gasteiger partial charge in [0.2, 0.25) is 6.41 Å². The lowest BCUT2D eigenvalue weighted by Crippen LogP contribution is -2.30. The summed E-state index contributed by atoms with van der Waals surface area (Å²) < 4.78 is 51.4. The molecule has 0 aliphatic rings. The van der Waals surface area contributed by atoms with Crippen LogP contribution in [0.5, 0.6) is 0 Å². The molecule has 0 radical (unpaired) electrons. The number of carbonyl (C=O) groups is 1. The van der Waals surface area contributed by atoms with Crippen LogP contribution in [0.2, 0.25) is 0 Å². The largest absolute Gasteiger partial charge is 0.490 e. The van der Waals surface area contributed by atoms with Crippen molar-refractivity contribution in [3.63, 3.8) is 0 Å². The number of amides is 1. The number of anilines is 1. The Morgan fingerprint density at radius 1 is 1.21 bits per heavy atom. The van der Waals surface area contributed by atoms with Crippen molar-refractivity contribution >= 4 is 35.7 Å². The van der Waals surface area contributed by atoms with Crippen molar-refractivity contribution in [1.29, 1.82) is 0 Å². The van der Waals surface area contributed by atoms with Gasteiger partial charge in [0.05, 0.1) is 25.3 Å². The number of phosphoric acid groups is 3. The van der Waals surface area contributed by atoms with E-state index in [-0.39, 0.29) is 24.3 Å². The molecule has 1 rings (SSSR count). The summed E-state index contributed by atoms with van der Waals surface area (Å²) in [6.45, 7) is 0.509. The molecule has 17 nitrogen and oxygen atoms in total. The number of rotatable bonds is 13. The van der Waals surface area contributed by atoms with Crippen LogP contribution in [-0.4, -0.2) is 55.3 Å². The van der Waals surface area contributed by atoms with Crippen LogP contribution in [0.15, 0.2) is 11.0 Å². The molecule has 1 aromatic rings. The van der Waals surface area contributed by atoms with Crippen molar-refractivity contribution < 1.29 is 55.9 Å². The van der Waals surface area contributed by atoms with E-state index in [1.54, 1.807) is 6.92 Å². The van der Waals surface area contributed by atoms with Gasteiger partial charge in [-0.15, -0.1) is 0 Å². The van der Waals surface area contributed by atoms with Gasteiger partial charge in [-0.25, -0.2) is 18.5 Å². The molecule has 0 aliphatic heterocycles. The fourth-order valence-electron chi connectivity index (χ4n) is 2.05. The molecule has 0 fully saturated rings. The van der Waals surface area contributed by atoms with Gasteiger partial charge in [-0.1, -0.05) is 18.8 Å². The van der Waals surface area contributed by atoms with Crippen LogP contribution in [0, 0.1) is 11.8 Å². The van der Waals surface area contributed by atoms with Crippen LogP contribution in [-0.2, 0) is 36.4 Å². The van der Waals surface area contributed by atoms with E-state index in [2.05, 4.69) is 35.3 Å². The van der Waals surface area contributed by atoms with E-state index in [1.165, 1.54) is 6.20 Å². The highest BCUT2D eigenvalue weighted by Gasteiger charge is 2.40. The molecule has 3 atom stereocenters. The van der Waals surface area contributed by atoms with Gasteiger partial charge in [0, 0.05) is 6.20 Å². The smallest absolute Gasteiger partial charge is 0.382 e. The predicted octanol–water partition coefficient (Wildman–Crippen LogP) is -0.809. The third-order valence-corrected chi connectivity index (χ3v) is 7.04. The number of ether oxygens (including phenoxy) is 1. The standard InChI is InChI=1S/C13H21N4O13P3/c1-2-11(17-8-10(4-3-5-15-9-18)12(14)16-13(17)19)27-6-7-28-32(23,24)30-33(25,26)29-31(20,21)22/h8-9,11H,2,5-7H2,1H3,(H,15,18)(H,23,24)(H,25,26)(H2,14,16,19)(H2,20,21,22)/t11-/m1/s1. The molecule has 2 unspecified atom stereocenters. The second kappa shape index (κ2) is 12.5. The summed E-state index contributed by atoms with van der Waals surface area (Å²) in [4.78, 5) is 61.4. The zero-order chi connectivity index (χ0) is 25.3. The zero-order valence-corrected chi connectivity index (χ0v) is 19.5. The highest BCUT2D eigenvalue weighted by atomic mass is 31.3. The lowest BCUT2D eigenvalue weighted by Gasteiger charge is -2.20. The fraction of sp³-hybridized carbons (Fsp3) is 0.462. The molecule has 1 aromatic heterocycles. The second-order valence-electron chi connectivity index (χ2n) is 5.69. The molecule has 0 aromatic carbocycles. The van der Waals surface area contributed by atoms with E-state index in [4.69, 9.17) is 25.2 Å². The highest BCUT2D eigenvalue weighted by molar-refractivity contribution is 7.66. The molecule has 0 spiro atoms. The molecule has 1 amide bonds. The third kappa shape index (κ3) is 11.2. The van der Waals surface area contributed by atoms with E-state index in [0.717, 1.165) is 4.57 Å². The van der Waals surface area contributed by atoms with Crippen molar-refractivity contribution in [2.75, 3.05) is 25.5 Å². The van der Waals surface area contributed by atoms with E-state index in [0.29, 0.717) is 6.41 Å². The first-order valence-electron chi connectivity index (χ1n) is 8.64. The molecular weight excluding hydrogens is 513 g/mol. The average molecular weight is 534 g/mol. The summed E-state index contributed by atoms with van der Waals surface area (Å²) in [5.74, 6) is 5.05. The first-order valence-corrected chi connectivity index (χ1v) is 13.2. The normalized spacial score (nSPS) is 16.0. The molecule has 0 aliphatic carbocycles. The Labute approximate surface area is 186 Å². The minimum atomic E-state index is -5.63. The summed E-state index contributed by atoms with van der Waals surface area (Å²) >= 11 is 0. The van der Waals surface area contributed by atoms with Crippen LogP contribution in [0.25, 0.3) is 0 Å². The van der Waals surface area contributed by atoms with Crippen LogP contribution >= 0.6 is 23.5 Å². The van der Waals surface area contributed by atoms with Crippen LogP contribution in [0.4, 0.5) is 5.82 Å². The Balaban J connectivity index is 2.78. The maximum absolute atomic E-state index is 12.1. The Morgan fingerprint density at radius 3 is 2.45 bits per heavy atom. The van der Waals surface area contributed by atoms with Gasteiger partial charge in [-0.2, -0.15) is 13.6 Å². The SMILES string of the molecule is CC[C@@H](OCCOP(=O)(O)OP(=O)(O)OP(=O)(O)O)n1cc(C#CCNC=O)c(N)nc1=O. The summed E-state index contributed by atoms with van der Waals surface area (Å²) in [7, 11) is -16.4. The van der Waals surface area contributed by atoms with E-state index < -0.39 is 48.6 Å². The number of aromatic nitrogens is 2. The van der Waals surface area contributed by atoms with Crippen molar-refractivity contribution in [1.82, 2.24) is 14.9 Å². The first kappa shape index (κ1) is 29.1. The molecule has 0 saturated carbocycles. The van der Waals surface area contributed by atoms with Crippen LogP contribution in [0.3, 0.4) is 0 Å². The Hall–Kier alpha value is -1.92. The van der Waals surface area contributed by atoms with Crippen molar-refractivity contribution in [3.05, 3.63) is 22.2 Å². The van der Waals surface area contributed by atoms with E-state index in [1.807, 2.05) is 0 Å². The second-order valence-corrected chi connectivity index (χ2v) is 10.1. The number of hydrogen-bond donors (Lipinski definition) is 6. The third-order valence-electron chi connectivity index (χ3n) is 3.20. The van der Waals surface area contributed by atoms with Crippen LogP contribution in [0.1, 0.15) is 25.1 Å². The molecule has 1 heterocycles. The highest BCUT2D eigenvalue weighted by Crippen LogP contribution is 2.66. The van der Waals surface area contributed by atoms with Gasteiger partial charge in [0.15, 0.2) is 0 Å². The monoisotopic (exact) mass is 534 g/mol. The number of hydrogen-bond acceptors (Lipinski definition) is 11. The van der Waals surface area contributed by atoms with Crippen LogP contribution < -0.4 is 16.7 Å². The zero-order valence-electron chi connectivity index (χ0n) is 16.8. The van der Waals surface area contributed by atoms with E-state index >= 15 is 0 Å². The molecule has 20 heteroatoms.